The zero-order valence-electron chi connectivity index (χ0n) is 17.1. The minimum Gasteiger partial charge on any atom is -0.493 e. The van der Waals surface area contributed by atoms with E-state index < -0.39 is 17.9 Å². The fourth-order valence-electron chi connectivity index (χ4n) is 3.43. The van der Waals surface area contributed by atoms with E-state index in [1.807, 2.05) is 6.07 Å². The molecule has 3 N–H and O–H groups in total. The predicted octanol–water partition coefficient (Wildman–Crippen LogP) is 3.79. The second-order valence-corrected chi connectivity index (χ2v) is 7.32. The number of halogens is 1. The first-order chi connectivity index (χ1) is 15.4. The highest BCUT2D eigenvalue weighted by atomic mass is 35.5. The summed E-state index contributed by atoms with van der Waals surface area (Å²) in [6, 6.07) is 11.4. The van der Waals surface area contributed by atoms with Gasteiger partial charge in [-0.1, -0.05) is 23.7 Å². The lowest BCUT2D eigenvalue weighted by molar-refractivity contribution is -0.132. The fraction of sp³-hybridized carbons (Fsp3) is 0.136. The van der Waals surface area contributed by atoms with Crippen molar-refractivity contribution in [2.24, 2.45) is 0 Å². The van der Waals surface area contributed by atoms with E-state index in [1.54, 1.807) is 41.1 Å². The van der Waals surface area contributed by atoms with Gasteiger partial charge in [-0.25, -0.2) is 9.48 Å². The standard InChI is InChI=1S/C22H19ClN4O5/c1-31-18-7-6-14(9-19(18)32-2)25-21(28)15-11-24-27-17(12-4-3-5-13(23)8-12)10-16(22(29)30)26-20(15)27/h3-11,17,26H,1-2H3,(H,25,28)(H,29,30)/t17-/m0/s1. The molecule has 0 radical (unpaired) electrons. The van der Waals surface area contributed by atoms with Crippen LogP contribution >= 0.6 is 11.6 Å². The molecule has 1 aliphatic rings. The number of nitrogens with zero attached hydrogens (tertiary/aromatic N) is 2. The molecule has 32 heavy (non-hydrogen) atoms. The van der Waals surface area contributed by atoms with Crippen molar-refractivity contribution in [3.05, 3.63) is 76.6 Å². The summed E-state index contributed by atoms with van der Waals surface area (Å²) in [6.07, 6.45) is 2.90. The Kier molecular flexibility index (Phi) is 5.74. The van der Waals surface area contributed by atoms with E-state index in [9.17, 15) is 14.7 Å². The predicted molar refractivity (Wildman–Crippen MR) is 119 cm³/mol. The van der Waals surface area contributed by atoms with Gasteiger partial charge in [-0.05, 0) is 35.9 Å². The van der Waals surface area contributed by atoms with Crippen molar-refractivity contribution in [1.29, 1.82) is 0 Å². The molecule has 0 fully saturated rings. The molecule has 0 spiro atoms. The zero-order chi connectivity index (χ0) is 22.8. The molecule has 0 saturated heterocycles. The van der Waals surface area contributed by atoms with Crippen LogP contribution in [-0.4, -0.2) is 41.0 Å². The Morgan fingerprint density at radius 3 is 2.62 bits per heavy atom. The maximum atomic E-state index is 13.0. The van der Waals surface area contributed by atoms with Gasteiger partial charge in [-0.15, -0.1) is 0 Å². The second kappa shape index (κ2) is 8.64. The van der Waals surface area contributed by atoms with Gasteiger partial charge in [-0.2, -0.15) is 5.10 Å². The largest absolute Gasteiger partial charge is 0.493 e. The minimum absolute atomic E-state index is 0.0665. The second-order valence-electron chi connectivity index (χ2n) is 6.89. The summed E-state index contributed by atoms with van der Waals surface area (Å²) >= 11 is 6.12. The van der Waals surface area contributed by atoms with Crippen molar-refractivity contribution in [1.82, 2.24) is 9.78 Å². The number of benzene rings is 2. The Morgan fingerprint density at radius 1 is 1.16 bits per heavy atom. The maximum absolute atomic E-state index is 13.0. The number of ether oxygens (including phenoxy) is 2. The number of carboxylic acid groups (broad SMARTS) is 1. The summed E-state index contributed by atoms with van der Waals surface area (Å²) in [4.78, 5) is 24.7. The molecule has 0 unspecified atom stereocenters. The van der Waals surface area contributed by atoms with Crippen LogP contribution in [0.5, 0.6) is 11.5 Å². The number of aliphatic carboxylic acids is 1. The number of allylic oxidation sites excluding steroid dienone is 1. The molecule has 1 aliphatic heterocycles. The lowest BCUT2D eigenvalue weighted by atomic mass is 10.0. The van der Waals surface area contributed by atoms with Crippen molar-refractivity contribution in [2.75, 3.05) is 24.9 Å². The monoisotopic (exact) mass is 454 g/mol. The molecule has 1 amide bonds. The first-order valence-corrected chi connectivity index (χ1v) is 9.87. The van der Waals surface area contributed by atoms with Crippen LogP contribution < -0.4 is 20.1 Å². The average molecular weight is 455 g/mol. The number of carbonyl (C=O) groups is 2. The molecular formula is C22H19ClN4O5. The van der Waals surface area contributed by atoms with E-state index in [2.05, 4.69) is 15.7 Å². The van der Waals surface area contributed by atoms with Crippen LogP contribution in [-0.2, 0) is 4.79 Å². The van der Waals surface area contributed by atoms with Crippen molar-refractivity contribution in [2.45, 2.75) is 6.04 Å². The van der Waals surface area contributed by atoms with Gasteiger partial charge in [0.15, 0.2) is 11.5 Å². The third-order valence-electron chi connectivity index (χ3n) is 4.94. The number of hydrogen-bond acceptors (Lipinski definition) is 6. The van der Waals surface area contributed by atoms with Gasteiger partial charge < -0.3 is 25.2 Å². The Labute approximate surface area is 188 Å². The highest BCUT2D eigenvalue weighted by molar-refractivity contribution is 6.30. The molecular weight excluding hydrogens is 436 g/mol. The van der Waals surface area contributed by atoms with E-state index in [-0.39, 0.29) is 17.1 Å². The molecule has 1 atom stereocenters. The van der Waals surface area contributed by atoms with Gasteiger partial charge in [0.2, 0.25) is 0 Å². The molecule has 2 aromatic carbocycles. The van der Waals surface area contributed by atoms with E-state index >= 15 is 0 Å². The van der Waals surface area contributed by atoms with Gasteiger partial charge >= 0.3 is 5.97 Å². The first-order valence-electron chi connectivity index (χ1n) is 9.49. The fourth-order valence-corrected chi connectivity index (χ4v) is 3.63. The van der Waals surface area contributed by atoms with Crippen molar-refractivity contribution in [3.8, 4) is 11.5 Å². The lowest BCUT2D eigenvalue weighted by Gasteiger charge is -2.24. The van der Waals surface area contributed by atoms with E-state index in [0.29, 0.717) is 22.2 Å². The smallest absolute Gasteiger partial charge is 0.352 e. The van der Waals surface area contributed by atoms with Gasteiger partial charge in [0.05, 0.1) is 26.5 Å². The van der Waals surface area contributed by atoms with E-state index in [1.165, 1.54) is 26.5 Å². The van der Waals surface area contributed by atoms with Gasteiger partial charge in [0.1, 0.15) is 17.1 Å². The number of carbonyl (C=O) groups excluding carboxylic acids is 1. The number of hydrogen-bond donors (Lipinski definition) is 3. The van der Waals surface area contributed by atoms with Gasteiger partial charge in [0, 0.05) is 16.8 Å². The van der Waals surface area contributed by atoms with Crippen LogP contribution in [0.15, 0.2) is 60.4 Å². The van der Waals surface area contributed by atoms with Crippen LogP contribution in [0, 0.1) is 0 Å². The van der Waals surface area contributed by atoms with Crippen molar-refractivity contribution < 1.29 is 24.2 Å². The number of fused-ring (bicyclic) bond motifs is 1. The van der Waals surface area contributed by atoms with Crippen LogP contribution in [0.1, 0.15) is 22.0 Å². The summed E-state index contributed by atoms with van der Waals surface area (Å²) in [5, 5.41) is 20.0. The third-order valence-corrected chi connectivity index (χ3v) is 5.18. The minimum atomic E-state index is -1.16. The molecule has 1 aromatic heterocycles. The van der Waals surface area contributed by atoms with Crippen molar-refractivity contribution >= 4 is 35.0 Å². The summed E-state index contributed by atoms with van der Waals surface area (Å²) < 4.78 is 12.0. The zero-order valence-corrected chi connectivity index (χ0v) is 17.9. The summed E-state index contributed by atoms with van der Waals surface area (Å²) in [5.41, 5.74) is 1.32. The van der Waals surface area contributed by atoms with Gasteiger partial charge in [0.25, 0.3) is 5.91 Å². The number of carboxylic acids is 1. The number of anilines is 2. The SMILES string of the molecule is COc1ccc(NC(=O)c2cnn3c2NC(C(=O)O)=C[C@H]3c2cccc(Cl)c2)cc1OC. The maximum Gasteiger partial charge on any atom is 0.352 e. The number of methoxy groups -OCH3 is 2. The molecule has 0 saturated carbocycles. The van der Waals surface area contributed by atoms with Crippen LogP contribution in [0.25, 0.3) is 0 Å². The number of aromatic nitrogens is 2. The molecule has 4 rings (SSSR count). The van der Waals surface area contributed by atoms with E-state index in [4.69, 9.17) is 21.1 Å². The highest BCUT2D eigenvalue weighted by Crippen LogP contribution is 2.34. The Morgan fingerprint density at radius 2 is 1.94 bits per heavy atom. The Balaban J connectivity index is 1.69. The molecule has 0 bridgehead atoms. The summed E-state index contributed by atoms with van der Waals surface area (Å²) in [7, 11) is 3.02. The molecule has 9 nitrogen and oxygen atoms in total. The lowest BCUT2D eigenvalue weighted by Crippen LogP contribution is -2.25. The average Bonchev–Trinajstić information content (AvgIpc) is 3.22. The molecule has 2 heterocycles. The number of amides is 1. The van der Waals surface area contributed by atoms with Crippen molar-refractivity contribution in [3.63, 3.8) is 0 Å². The summed E-state index contributed by atoms with van der Waals surface area (Å²) in [6.45, 7) is 0. The quantitative estimate of drug-likeness (QED) is 0.519. The Bertz CT molecular complexity index is 1240. The molecule has 164 valence electrons. The van der Waals surface area contributed by atoms with Crippen LogP contribution in [0.4, 0.5) is 11.5 Å². The molecule has 10 heteroatoms. The van der Waals surface area contributed by atoms with E-state index in [0.717, 1.165) is 5.56 Å². The highest BCUT2D eigenvalue weighted by Gasteiger charge is 2.29. The topological polar surface area (TPSA) is 115 Å². The molecule has 3 aromatic rings. The number of rotatable bonds is 6. The Hall–Kier alpha value is -3.98. The molecule has 0 aliphatic carbocycles. The first kappa shape index (κ1) is 21.3. The third kappa shape index (κ3) is 3.97. The van der Waals surface area contributed by atoms with Gasteiger partial charge in [-0.3, -0.25) is 4.79 Å². The van der Waals surface area contributed by atoms with Crippen LogP contribution in [0.2, 0.25) is 5.02 Å². The number of nitrogens with one attached hydrogen (secondary N) is 2. The summed E-state index contributed by atoms with van der Waals surface area (Å²) in [5.74, 6) is -0.390. The van der Waals surface area contributed by atoms with Crippen LogP contribution in [0.3, 0.4) is 0 Å². The normalized spacial score (nSPS) is 14.6.